The van der Waals surface area contributed by atoms with Gasteiger partial charge in [-0.15, -0.1) is 0 Å². The fraction of sp³-hybridized carbons (Fsp3) is 0.944. The molecule has 0 saturated heterocycles. The summed E-state index contributed by atoms with van der Waals surface area (Å²) in [5.74, 6) is 4.59. The van der Waals surface area contributed by atoms with Gasteiger partial charge in [-0.25, -0.2) is 0 Å². The van der Waals surface area contributed by atoms with Crippen LogP contribution in [-0.4, -0.2) is 13.1 Å². The Bertz CT molecular complexity index is 276. The zero-order valence-electron chi connectivity index (χ0n) is 13.8. The summed E-state index contributed by atoms with van der Waals surface area (Å²) in [6.45, 7) is 6.19. The van der Waals surface area contributed by atoms with Crippen LogP contribution in [0.15, 0.2) is 0 Å². The maximum absolute atomic E-state index is 10.8. The summed E-state index contributed by atoms with van der Waals surface area (Å²) in [6, 6.07) is 0. The molecule has 0 N–H and O–H groups in total. The monoisotopic (exact) mass is 280 g/mol. The van der Waals surface area contributed by atoms with Crippen molar-refractivity contribution in [2.75, 3.05) is 7.11 Å². The lowest BCUT2D eigenvalue weighted by Crippen LogP contribution is -2.38. The fourth-order valence-corrected chi connectivity index (χ4v) is 4.57. The molecular formula is C18H32O2. The third-order valence-corrected chi connectivity index (χ3v) is 5.81. The SMILES string of the molecule is C1C2CC3CC1CC(C2)C3.CCC(C)(C)CC(=O)OC. The van der Waals surface area contributed by atoms with Gasteiger partial charge in [-0.2, -0.15) is 0 Å². The van der Waals surface area contributed by atoms with E-state index < -0.39 is 0 Å². The molecule has 0 atom stereocenters. The van der Waals surface area contributed by atoms with Gasteiger partial charge in [0.2, 0.25) is 0 Å². The summed E-state index contributed by atoms with van der Waals surface area (Å²) in [7, 11) is 1.42. The molecule has 0 radical (unpaired) electrons. The zero-order valence-corrected chi connectivity index (χ0v) is 13.8. The Labute approximate surface area is 124 Å². The van der Waals surface area contributed by atoms with E-state index in [2.05, 4.69) is 25.5 Å². The highest BCUT2D eigenvalue weighted by molar-refractivity contribution is 5.69. The Kier molecular flexibility index (Phi) is 5.14. The molecule has 116 valence electrons. The average Bonchev–Trinajstić information content (AvgIpc) is 2.37. The summed E-state index contributed by atoms with van der Waals surface area (Å²) in [4.78, 5) is 10.8. The molecular weight excluding hydrogens is 248 g/mol. The molecule has 0 aromatic carbocycles. The van der Waals surface area contributed by atoms with Gasteiger partial charge < -0.3 is 4.74 Å². The minimum Gasteiger partial charge on any atom is -0.469 e. The molecule has 4 bridgehead atoms. The van der Waals surface area contributed by atoms with Crippen molar-refractivity contribution >= 4 is 5.97 Å². The summed E-state index contributed by atoms with van der Waals surface area (Å²) in [5.41, 5.74) is 0.0904. The molecule has 0 unspecified atom stereocenters. The van der Waals surface area contributed by atoms with Gasteiger partial charge in [0.1, 0.15) is 0 Å². The van der Waals surface area contributed by atoms with Crippen LogP contribution in [-0.2, 0) is 9.53 Å². The Morgan fingerprint density at radius 1 is 0.950 bits per heavy atom. The van der Waals surface area contributed by atoms with E-state index in [1.807, 2.05) is 0 Å². The average molecular weight is 280 g/mol. The van der Waals surface area contributed by atoms with Gasteiger partial charge in [-0.3, -0.25) is 4.79 Å². The minimum atomic E-state index is -0.119. The molecule has 0 aromatic heterocycles. The van der Waals surface area contributed by atoms with Crippen molar-refractivity contribution in [2.45, 2.75) is 72.1 Å². The number of carbonyl (C=O) groups excluding carboxylic acids is 1. The van der Waals surface area contributed by atoms with Gasteiger partial charge >= 0.3 is 5.97 Å². The van der Waals surface area contributed by atoms with Crippen molar-refractivity contribution in [1.29, 1.82) is 0 Å². The molecule has 4 rings (SSSR count). The second-order valence-electron chi connectivity index (χ2n) is 8.15. The highest BCUT2D eigenvalue weighted by atomic mass is 16.5. The highest BCUT2D eigenvalue weighted by Gasteiger charge is 2.41. The fourth-order valence-electron chi connectivity index (χ4n) is 4.57. The maximum Gasteiger partial charge on any atom is 0.306 e. The van der Waals surface area contributed by atoms with Gasteiger partial charge in [0.05, 0.1) is 13.5 Å². The van der Waals surface area contributed by atoms with Crippen LogP contribution in [0.3, 0.4) is 0 Å². The van der Waals surface area contributed by atoms with E-state index in [0.717, 1.165) is 6.42 Å². The first-order valence-corrected chi connectivity index (χ1v) is 8.48. The van der Waals surface area contributed by atoms with E-state index in [9.17, 15) is 4.79 Å². The van der Waals surface area contributed by atoms with Crippen LogP contribution in [0.4, 0.5) is 0 Å². The summed E-state index contributed by atoms with van der Waals surface area (Å²) in [5, 5.41) is 0. The lowest BCUT2D eigenvalue weighted by Gasteiger charge is -2.49. The molecule has 4 aliphatic carbocycles. The normalized spacial score (nSPS) is 34.4. The van der Waals surface area contributed by atoms with E-state index in [4.69, 9.17) is 0 Å². The van der Waals surface area contributed by atoms with Crippen LogP contribution in [0.1, 0.15) is 72.1 Å². The third-order valence-electron chi connectivity index (χ3n) is 5.81. The number of carbonyl (C=O) groups is 1. The van der Waals surface area contributed by atoms with Crippen molar-refractivity contribution in [1.82, 2.24) is 0 Å². The molecule has 2 heteroatoms. The second-order valence-corrected chi connectivity index (χ2v) is 8.15. The van der Waals surface area contributed by atoms with Gasteiger partial charge in [0.25, 0.3) is 0 Å². The minimum absolute atomic E-state index is 0.0904. The molecule has 4 fully saturated rings. The molecule has 20 heavy (non-hydrogen) atoms. The standard InChI is InChI=1S/C10H16.C8H16O2/c1-7-2-9-4-8(1)5-10(3-7)6-9;1-5-8(2,3)6-7(9)10-4/h7-10H,1-6H2;5-6H2,1-4H3. The smallest absolute Gasteiger partial charge is 0.306 e. The second kappa shape index (κ2) is 6.49. The summed E-state index contributed by atoms with van der Waals surface area (Å²) < 4.78 is 4.55. The maximum atomic E-state index is 10.8. The van der Waals surface area contributed by atoms with Crippen molar-refractivity contribution in [3.05, 3.63) is 0 Å². The Morgan fingerprint density at radius 2 is 1.30 bits per heavy atom. The topological polar surface area (TPSA) is 26.3 Å². The van der Waals surface area contributed by atoms with E-state index in [0.29, 0.717) is 6.42 Å². The molecule has 4 saturated carbocycles. The summed E-state index contributed by atoms with van der Waals surface area (Å²) >= 11 is 0. The molecule has 4 aliphatic rings. The highest BCUT2D eigenvalue weighted by Crippen LogP contribution is 2.53. The molecule has 0 aliphatic heterocycles. The van der Waals surface area contributed by atoms with Crippen molar-refractivity contribution < 1.29 is 9.53 Å². The van der Waals surface area contributed by atoms with E-state index in [-0.39, 0.29) is 11.4 Å². The lowest BCUT2D eigenvalue weighted by atomic mass is 9.56. The Morgan fingerprint density at radius 3 is 1.55 bits per heavy atom. The number of esters is 1. The van der Waals surface area contributed by atoms with Crippen LogP contribution < -0.4 is 0 Å². The quantitative estimate of drug-likeness (QED) is 0.693. The van der Waals surface area contributed by atoms with Gasteiger partial charge in [0, 0.05) is 0 Å². The Balaban J connectivity index is 0.000000147. The Hall–Kier alpha value is -0.530. The molecule has 0 aromatic rings. The van der Waals surface area contributed by atoms with Gasteiger partial charge in [-0.05, 0) is 67.6 Å². The largest absolute Gasteiger partial charge is 0.469 e. The van der Waals surface area contributed by atoms with Crippen molar-refractivity contribution in [2.24, 2.45) is 29.1 Å². The zero-order chi connectivity index (χ0) is 14.8. The molecule has 0 amide bonds. The first-order chi connectivity index (χ1) is 9.41. The van der Waals surface area contributed by atoms with E-state index >= 15 is 0 Å². The first kappa shape index (κ1) is 15.9. The molecule has 2 nitrogen and oxygen atoms in total. The van der Waals surface area contributed by atoms with Gasteiger partial charge in [0.15, 0.2) is 0 Å². The third kappa shape index (κ3) is 4.23. The predicted octanol–water partition coefficient (Wildman–Crippen LogP) is 4.82. The van der Waals surface area contributed by atoms with E-state index in [1.54, 1.807) is 38.5 Å². The predicted molar refractivity (Wildman–Crippen MR) is 82.4 cm³/mol. The number of ether oxygens (including phenoxy) is 1. The van der Waals surface area contributed by atoms with Crippen LogP contribution in [0.2, 0.25) is 0 Å². The summed E-state index contributed by atoms with van der Waals surface area (Å²) in [6.07, 6.45) is 11.1. The van der Waals surface area contributed by atoms with Crippen molar-refractivity contribution in [3.63, 3.8) is 0 Å². The first-order valence-electron chi connectivity index (χ1n) is 8.48. The van der Waals surface area contributed by atoms with Crippen molar-refractivity contribution in [3.8, 4) is 0 Å². The molecule has 0 heterocycles. The van der Waals surface area contributed by atoms with Gasteiger partial charge in [-0.1, -0.05) is 27.2 Å². The lowest BCUT2D eigenvalue weighted by molar-refractivity contribution is -0.142. The number of rotatable bonds is 3. The number of hydrogen-bond donors (Lipinski definition) is 0. The van der Waals surface area contributed by atoms with Crippen LogP contribution in [0.5, 0.6) is 0 Å². The van der Waals surface area contributed by atoms with Crippen LogP contribution in [0.25, 0.3) is 0 Å². The van der Waals surface area contributed by atoms with Crippen LogP contribution >= 0.6 is 0 Å². The van der Waals surface area contributed by atoms with E-state index in [1.165, 1.54) is 30.8 Å². The molecule has 0 spiro atoms. The number of hydrogen-bond acceptors (Lipinski definition) is 2. The van der Waals surface area contributed by atoms with Crippen LogP contribution in [0, 0.1) is 29.1 Å². The number of methoxy groups -OCH3 is 1.